The molecule has 1 atom stereocenters. The molecular weight excluding hydrogens is 294 g/mol. The SMILES string of the molecule is COC[C@H](C)NC(=O)Nc1ccc(Cl)c(OC(F)F)c1. The van der Waals surface area contributed by atoms with Gasteiger partial charge < -0.3 is 20.1 Å². The van der Waals surface area contributed by atoms with Crippen molar-refractivity contribution in [2.75, 3.05) is 19.0 Å². The fourth-order valence-electron chi connectivity index (χ4n) is 1.45. The van der Waals surface area contributed by atoms with Gasteiger partial charge in [-0.05, 0) is 19.1 Å². The van der Waals surface area contributed by atoms with Crippen molar-refractivity contribution in [3.05, 3.63) is 23.2 Å². The second kappa shape index (κ2) is 7.86. The molecule has 112 valence electrons. The molecule has 0 unspecified atom stereocenters. The summed E-state index contributed by atoms with van der Waals surface area (Å²) in [6, 6.07) is 3.37. The number of ether oxygens (including phenoxy) is 2. The number of methoxy groups -OCH3 is 1. The fraction of sp³-hybridized carbons (Fsp3) is 0.417. The number of benzene rings is 1. The van der Waals surface area contributed by atoms with Crippen molar-refractivity contribution in [3.8, 4) is 5.75 Å². The van der Waals surface area contributed by atoms with Crippen molar-refractivity contribution < 1.29 is 23.0 Å². The molecule has 0 aliphatic carbocycles. The minimum Gasteiger partial charge on any atom is -0.433 e. The Bertz CT molecular complexity index is 460. The molecule has 0 saturated carbocycles. The lowest BCUT2D eigenvalue weighted by Gasteiger charge is -2.14. The van der Waals surface area contributed by atoms with Crippen molar-refractivity contribution in [1.82, 2.24) is 5.32 Å². The smallest absolute Gasteiger partial charge is 0.387 e. The highest BCUT2D eigenvalue weighted by atomic mass is 35.5. The second-order valence-corrected chi connectivity index (χ2v) is 4.39. The highest BCUT2D eigenvalue weighted by molar-refractivity contribution is 6.32. The number of halogens is 3. The monoisotopic (exact) mass is 308 g/mol. The van der Waals surface area contributed by atoms with E-state index in [1.807, 2.05) is 0 Å². The van der Waals surface area contributed by atoms with Gasteiger partial charge in [0.2, 0.25) is 0 Å². The molecule has 0 aromatic heterocycles. The Labute approximate surface area is 120 Å². The summed E-state index contributed by atoms with van der Waals surface area (Å²) in [6.07, 6.45) is 0. The Morgan fingerprint density at radius 1 is 1.45 bits per heavy atom. The van der Waals surface area contributed by atoms with Gasteiger partial charge in [0.05, 0.1) is 17.7 Å². The largest absolute Gasteiger partial charge is 0.433 e. The number of urea groups is 1. The molecular formula is C12H15ClF2N2O3. The molecule has 0 spiro atoms. The minimum atomic E-state index is -2.99. The van der Waals surface area contributed by atoms with Crippen LogP contribution in [0.3, 0.4) is 0 Å². The quantitative estimate of drug-likeness (QED) is 0.849. The van der Waals surface area contributed by atoms with E-state index >= 15 is 0 Å². The molecule has 5 nitrogen and oxygen atoms in total. The molecule has 0 aliphatic rings. The number of hydrogen-bond donors (Lipinski definition) is 2. The highest BCUT2D eigenvalue weighted by Gasteiger charge is 2.11. The van der Waals surface area contributed by atoms with Crippen LogP contribution in [0.4, 0.5) is 19.3 Å². The van der Waals surface area contributed by atoms with Crippen LogP contribution < -0.4 is 15.4 Å². The molecule has 1 rings (SSSR count). The third-order valence-electron chi connectivity index (χ3n) is 2.20. The van der Waals surface area contributed by atoms with Gasteiger partial charge in [-0.15, -0.1) is 0 Å². The summed E-state index contributed by atoms with van der Waals surface area (Å²) < 4.78 is 33.4. The van der Waals surface area contributed by atoms with Gasteiger partial charge in [-0.1, -0.05) is 11.6 Å². The van der Waals surface area contributed by atoms with Crippen LogP contribution in [0, 0.1) is 0 Å². The van der Waals surface area contributed by atoms with Crippen molar-refractivity contribution in [3.63, 3.8) is 0 Å². The van der Waals surface area contributed by atoms with Crippen LogP contribution in [0.25, 0.3) is 0 Å². The molecule has 0 aliphatic heterocycles. The first-order chi connectivity index (χ1) is 9.42. The van der Waals surface area contributed by atoms with E-state index in [-0.39, 0.29) is 22.5 Å². The first kappa shape index (κ1) is 16.5. The maximum absolute atomic E-state index is 12.2. The predicted octanol–water partition coefficient (Wildman–Crippen LogP) is 3.10. The number of rotatable bonds is 6. The first-order valence-electron chi connectivity index (χ1n) is 5.73. The summed E-state index contributed by atoms with van der Waals surface area (Å²) in [6.45, 7) is -0.873. The molecule has 0 bridgehead atoms. The van der Waals surface area contributed by atoms with Crippen LogP contribution in [0.5, 0.6) is 5.75 Å². The zero-order valence-corrected chi connectivity index (χ0v) is 11.7. The summed E-state index contributed by atoms with van der Waals surface area (Å²) in [5.74, 6) is -0.204. The first-order valence-corrected chi connectivity index (χ1v) is 6.11. The number of amides is 2. The van der Waals surface area contributed by atoms with E-state index in [1.165, 1.54) is 25.3 Å². The Morgan fingerprint density at radius 3 is 2.75 bits per heavy atom. The van der Waals surface area contributed by atoms with E-state index in [1.54, 1.807) is 6.92 Å². The summed E-state index contributed by atoms with van der Waals surface area (Å²) in [7, 11) is 1.52. The topological polar surface area (TPSA) is 59.6 Å². The Morgan fingerprint density at radius 2 is 2.15 bits per heavy atom. The summed E-state index contributed by atoms with van der Waals surface area (Å²) in [5, 5.41) is 5.12. The minimum absolute atomic E-state index is 0.0315. The van der Waals surface area contributed by atoms with Crippen LogP contribution in [0.15, 0.2) is 18.2 Å². The van der Waals surface area contributed by atoms with Crippen LogP contribution in [0.1, 0.15) is 6.92 Å². The maximum Gasteiger partial charge on any atom is 0.387 e. The lowest BCUT2D eigenvalue weighted by atomic mass is 10.3. The van der Waals surface area contributed by atoms with E-state index < -0.39 is 12.6 Å². The van der Waals surface area contributed by atoms with Gasteiger partial charge >= 0.3 is 12.6 Å². The van der Waals surface area contributed by atoms with Crippen molar-refractivity contribution in [1.29, 1.82) is 0 Å². The molecule has 0 saturated heterocycles. The van der Waals surface area contributed by atoms with Gasteiger partial charge in [-0.3, -0.25) is 0 Å². The second-order valence-electron chi connectivity index (χ2n) is 3.98. The summed E-state index contributed by atoms with van der Waals surface area (Å²) in [5.41, 5.74) is 0.284. The van der Waals surface area contributed by atoms with E-state index in [2.05, 4.69) is 15.4 Å². The van der Waals surface area contributed by atoms with Crippen molar-refractivity contribution in [2.24, 2.45) is 0 Å². The molecule has 2 N–H and O–H groups in total. The summed E-state index contributed by atoms with van der Waals surface area (Å²) >= 11 is 5.70. The third kappa shape index (κ3) is 5.58. The van der Waals surface area contributed by atoms with Crippen LogP contribution >= 0.6 is 11.6 Å². The van der Waals surface area contributed by atoms with Crippen LogP contribution in [-0.2, 0) is 4.74 Å². The molecule has 1 aromatic carbocycles. The van der Waals surface area contributed by atoms with Crippen LogP contribution in [-0.4, -0.2) is 32.4 Å². The average Bonchev–Trinajstić information content (AvgIpc) is 2.32. The predicted molar refractivity (Wildman–Crippen MR) is 71.6 cm³/mol. The molecule has 8 heteroatoms. The van der Waals surface area contributed by atoms with Crippen molar-refractivity contribution >= 4 is 23.3 Å². The van der Waals surface area contributed by atoms with Gasteiger partial charge in [-0.25, -0.2) is 4.79 Å². The molecule has 0 radical (unpaired) electrons. The summed E-state index contributed by atoms with van der Waals surface area (Å²) in [4.78, 5) is 11.6. The lowest BCUT2D eigenvalue weighted by Crippen LogP contribution is -2.38. The molecule has 1 aromatic rings. The van der Waals surface area contributed by atoms with Gasteiger partial charge in [-0.2, -0.15) is 8.78 Å². The zero-order chi connectivity index (χ0) is 15.1. The van der Waals surface area contributed by atoms with Gasteiger partial charge in [0.25, 0.3) is 0 Å². The van der Waals surface area contributed by atoms with Gasteiger partial charge in [0, 0.05) is 18.9 Å². The zero-order valence-electron chi connectivity index (χ0n) is 11.0. The Hall–Kier alpha value is -1.60. The van der Waals surface area contributed by atoms with E-state index in [0.29, 0.717) is 6.61 Å². The molecule has 2 amide bonds. The third-order valence-corrected chi connectivity index (χ3v) is 2.51. The van der Waals surface area contributed by atoms with E-state index in [9.17, 15) is 13.6 Å². The maximum atomic E-state index is 12.2. The van der Waals surface area contributed by atoms with Gasteiger partial charge in [0.1, 0.15) is 5.75 Å². The van der Waals surface area contributed by atoms with Gasteiger partial charge in [0.15, 0.2) is 0 Å². The van der Waals surface area contributed by atoms with E-state index in [0.717, 1.165) is 0 Å². The number of nitrogens with one attached hydrogen (secondary N) is 2. The molecule has 20 heavy (non-hydrogen) atoms. The number of anilines is 1. The normalized spacial score (nSPS) is 12.1. The molecule has 0 fully saturated rings. The fourth-order valence-corrected chi connectivity index (χ4v) is 1.61. The Balaban J connectivity index is 2.65. The number of carbonyl (C=O) groups is 1. The number of hydrogen-bond acceptors (Lipinski definition) is 3. The standard InChI is InChI=1S/C12H15ClF2N2O3/c1-7(6-19-2)16-12(18)17-8-3-4-9(13)10(5-8)20-11(14)15/h3-5,7,11H,6H2,1-2H3,(H2,16,17,18)/t7-/m0/s1. The Kier molecular flexibility index (Phi) is 6.47. The van der Waals surface area contributed by atoms with Crippen molar-refractivity contribution in [2.45, 2.75) is 19.6 Å². The van der Waals surface area contributed by atoms with E-state index in [4.69, 9.17) is 16.3 Å². The van der Waals surface area contributed by atoms with Crippen LogP contribution in [0.2, 0.25) is 5.02 Å². The average molecular weight is 309 g/mol. The number of alkyl halides is 2. The molecule has 0 heterocycles. The number of carbonyl (C=O) groups excluding carboxylic acids is 1. The lowest BCUT2D eigenvalue weighted by molar-refractivity contribution is -0.0497. The highest BCUT2D eigenvalue weighted by Crippen LogP contribution is 2.29.